The van der Waals surface area contributed by atoms with E-state index in [4.69, 9.17) is 20.9 Å². The summed E-state index contributed by atoms with van der Waals surface area (Å²) in [5.74, 6) is -0.592. The molecule has 4 N–H and O–H groups in total. The van der Waals surface area contributed by atoms with Gasteiger partial charge in [0.1, 0.15) is 11.6 Å². The maximum Gasteiger partial charge on any atom is 0.323 e. The zero-order chi connectivity index (χ0) is 24.2. The smallest absolute Gasteiger partial charge is 0.323 e. The van der Waals surface area contributed by atoms with E-state index in [1.54, 1.807) is 12.5 Å². The molecule has 2 aromatic rings. The summed E-state index contributed by atoms with van der Waals surface area (Å²) in [6.45, 7) is 6.77. The van der Waals surface area contributed by atoms with Crippen LogP contribution in [0, 0.1) is 11.8 Å². The molecule has 2 heterocycles. The molecule has 0 bridgehead atoms. The average molecular weight is 463 g/mol. The zero-order valence-corrected chi connectivity index (χ0v) is 20.0. The first-order valence-corrected chi connectivity index (χ1v) is 11.8. The van der Waals surface area contributed by atoms with E-state index < -0.39 is 12.0 Å². The van der Waals surface area contributed by atoms with E-state index in [0.717, 1.165) is 25.7 Å². The minimum Gasteiger partial charge on any atom is -0.465 e. The molecule has 10 heteroatoms. The van der Waals surface area contributed by atoms with Gasteiger partial charge in [0.05, 0.1) is 25.7 Å². The fourth-order valence-electron chi connectivity index (χ4n) is 3.36. The molecule has 2 aromatic heterocycles. The van der Waals surface area contributed by atoms with Crippen molar-refractivity contribution in [2.24, 2.45) is 17.6 Å². The predicted molar refractivity (Wildman–Crippen MR) is 126 cm³/mol. The first-order valence-electron chi connectivity index (χ1n) is 11.8. The van der Waals surface area contributed by atoms with Crippen molar-refractivity contribution in [1.82, 2.24) is 19.5 Å². The third-order valence-corrected chi connectivity index (χ3v) is 5.56. The number of imidazole rings is 1. The summed E-state index contributed by atoms with van der Waals surface area (Å²) in [7, 11) is 0. The highest BCUT2D eigenvalue weighted by Crippen LogP contribution is 2.16. The number of nitrogens with zero attached hydrogens (tertiary/aromatic N) is 4. The van der Waals surface area contributed by atoms with Crippen molar-refractivity contribution >= 4 is 29.1 Å². The van der Waals surface area contributed by atoms with Gasteiger partial charge in [-0.3, -0.25) is 9.59 Å². The Morgan fingerprint density at radius 1 is 1.12 bits per heavy atom. The second-order valence-corrected chi connectivity index (χ2v) is 8.77. The van der Waals surface area contributed by atoms with Crippen LogP contribution in [0.3, 0.4) is 0 Å². The lowest BCUT2D eigenvalue weighted by molar-refractivity contribution is -0.149. The Hall–Kier alpha value is -2.75. The van der Waals surface area contributed by atoms with Crippen LogP contribution in [0.4, 0.5) is 5.95 Å². The van der Waals surface area contributed by atoms with Gasteiger partial charge in [-0.1, -0.05) is 46.5 Å². The Kier molecular flexibility index (Phi) is 11.0. The van der Waals surface area contributed by atoms with E-state index in [1.165, 1.54) is 6.42 Å². The molecule has 0 aromatic carbocycles. The molecule has 0 aliphatic rings. The van der Waals surface area contributed by atoms with Gasteiger partial charge in [-0.25, -0.2) is 9.97 Å². The van der Waals surface area contributed by atoms with Crippen LogP contribution in [0.25, 0.3) is 11.2 Å². The number of unbranched alkanes of at least 4 members (excludes halogenated alkanes) is 4. The van der Waals surface area contributed by atoms with Crippen LogP contribution in [-0.2, 0) is 25.6 Å². The number of ether oxygens (including phenoxy) is 2. The van der Waals surface area contributed by atoms with E-state index >= 15 is 0 Å². The van der Waals surface area contributed by atoms with Crippen molar-refractivity contribution in [1.29, 1.82) is 0 Å². The number of nitrogens with two attached hydrogens (primary N) is 2. The number of esters is 2. The number of nitrogen functional groups attached to an aromatic ring is 1. The summed E-state index contributed by atoms with van der Waals surface area (Å²) in [6, 6.07) is -0.661. The van der Waals surface area contributed by atoms with Crippen molar-refractivity contribution in [2.75, 3.05) is 18.9 Å². The number of fused-ring (bicyclic) bond motifs is 1. The van der Waals surface area contributed by atoms with Crippen LogP contribution in [0.1, 0.15) is 65.7 Å². The third kappa shape index (κ3) is 8.95. The monoisotopic (exact) mass is 462 g/mol. The van der Waals surface area contributed by atoms with Gasteiger partial charge in [0, 0.05) is 18.9 Å². The molecule has 184 valence electrons. The summed E-state index contributed by atoms with van der Waals surface area (Å²) in [5, 5.41) is 0. The van der Waals surface area contributed by atoms with Crippen LogP contribution in [-0.4, -0.2) is 50.7 Å². The summed E-state index contributed by atoms with van der Waals surface area (Å²) >= 11 is 0. The highest BCUT2D eigenvalue weighted by atomic mass is 16.5. The molecule has 0 unspecified atom stereocenters. The molecular formula is C23H38N6O4. The van der Waals surface area contributed by atoms with Gasteiger partial charge in [0.2, 0.25) is 5.95 Å². The van der Waals surface area contributed by atoms with E-state index in [2.05, 4.69) is 21.9 Å². The molecular weight excluding hydrogens is 424 g/mol. The molecule has 0 aliphatic carbocycles. The Labute approximate surface area is 195 Å². The lowest BCUT2D eigenvalue weighted by Gasteiger charge is -2.19. The highest BCUT2D eigenvalue weighted by Gasteiger charge is 2.20. The Bertz CT molecular complexity index is 885. The van der Waals surface area contributed by atoms with Gasteiger partial charge >= 0.3 is 11.9 Å². The fraction of sp³-hybridized carbons (Fsp3) is 0.696. The standard InChI is InChI=1S/C23H38N6O4/c1-4-5-6-7-8-9-19(30)33-14-17(10-11-32-22(31)20(24)16(2)3)13-29-15-27-18-12-26-23(25)28-21(18)29/h12,15-17,20H,4-11,13-14,24H2,1-3H3,(H2,25,26,28)/t17-,20+/m1/s1. The normalized spacial score (nSPS) is 13.2. The first kappa shape index (κ1) is 26.5. The van der Waals surface area contributed by atoms with E-state index in [9.17, 15) is 9.59 Å². The zero-order valence-electron chi connectivity index (χ0n) is 20.0. The van der Waals surface area contributed by atoms with Crippen molar-refractivity contribution < 1.29 is 19.1 Å². The number of hydrogen-bond acceptors (Lipinski definition) is 9. The average Bonchev–Trinajstić information content (AvgIpc) is 3.18. The SMILES string of the molecule is CCCCCCCC(=O)OC[C@H](CCOC(=O)[C@@H](N)C(C)C)Cn1cnc2cnc(N)nc21. The molecule has 0 radical (unpaired) electrons. The Balaban J connectivity index is 1.94. The van der Waals surface area contributed by atoms with Crippen molar-refractivity contribution in [3.05, 3.63) is 12.5 Å². The second kappa shape index (κ2) is 13.7. The number of carbonyl (C=O) groups is 2. The van der Waals surface area contributed by atoms with Crippen molar-refractivity contribution in [2.45, 2.75) is 78.3 Å². The van der Waals surface area contributed by atoms with Crippen LogP contribution in [0.15, 0.2) is 12.5 Å². The highest BCUT2D eigenvalue weighted by molar-refractivity contribution is 5.75. The van der Waals surface area contributed by atoms with Crippen LogP contribution >= 0.6 is 0 Å². The summed E-state index contributed by atoms with van der Waals surface area (Å²) in [4.78, 5) is 36.8. The number of aromatic nitrogens is 4. The number of hydrogen-bond donors (Lipinski definition) is 2. The molecule has 33 heavy (non-hydrogen) atoms. The summed E-state index contributed by atoms with van der Waals surface area (Å²) in [6.07, 6.45) is 9.47. The maximum atomic E-state index is 12.2. The third-order valence-electron chi connectivity index (χ3n) is 5.56. The predicted octanol–water partition coefficient (Wildman–Crippen LogP) is 2.84. The van der Waals surface area contributed by atoms with Crippen LogP contribution in [0.5, 0.6) is 0 Å². The maximum absolute atomic E-state index is 12.2. The molecule has 2 rings (SSSR count). The largest absolute Gasteiger partial charge is 0.465 e. The summed E-state index contributed by atoms with van der Waals surface area (Å²) < 4.78 is 12.7. The topological polar surface area (TPSA) is 148 Å². The van der Waals surface area contributed by atoms with E-state index in [0.29, 0.717) is 30.6 Å². The second-order valence-electron chi connectivity index (χ2n) is 8.77. The van der Waals surface area contributed by atoms with E-state index in [-0.39, 0.29) is 37.0 Å². The van der Waals surface area contributed by atoms with Gasteiger partial charge in [-0.15, -0.1) is 0 Å². The van der Waals surface area contributed by atoms with Gasteiger partial charge in [-0.2, -0.15) is 4.98 Å². The minimum atomic E-state index is -0.661. The number of carbonyl (C=O) groups excluding carboxylic acids is 2. The molecule has 0 spiro atoms. The fourth-order valence-corrected chi connectivity index (χ4v) is 3.36. The molecule has 0 saturated heterocycles. The Morgan fingerprint density at radius 2 is 1.88 bits per heavy atom. The van der Waals surface area contributed by atoms with Gasteiger partial charge in [0.25, 0.3) is 0 Å². The quantitative estimate of drug-likeness (QED) is 0.301. The van der Waals surface area contributed by atoms with Gasteiger partial charge < -0.3 is 25.5 Å². The van der Waals surface area contributed by atoms with E-state index in [1.807, 2.05) is 18.4 Å². The minimum absolute atomic E-state index is 0.00552. The summed E-state index contributed by atoms with van der Waals surface area (Å²) in [5.41, 5.74) is 12.8. The van der Waals surface area contributed by atoms with Crippen LogP contribution in [0.2, 0.25) is 0 Å². The lowest BCUT2D eigenvalue weighted by Crippen LogP contribution is -2.37. The molecule has 0 fully saturated rings. The number of rotatable bonds is 15. The molecule has 0 amide bonds. The Morgan fingerprint density at radius 3 is 2.61 bits per heavy atom. The molecule has 10 nitrogen and oxygen atoms in total. The molecule has 0 saturated carbocycles. The number of anilines is 1. The molecule has 2 atom stereocenters. The van der Waals surface area contributed by atoms with Gasteiger partial charge in [-0.05, 0) is 18.8 Å². The lowest BCUT2D eigenvalue weighted by atomic mass is 10.1. The first-order chi connectivity index (χ1) is 15.8. The van der Waals surface area contributed by atoms with Gasteiger partial charge in [0.15, 0.2) is 5.65 Å². The molecule has 0 aliphatic heterocycles. The van der Waals surface area contributed by atoms with Crippen molar-refractivity contribution in [3.8, 4) is 0 Å². The van der Waals surface area contributed by atoms with Crippen molar-refractivity contribution in [3.63, 3.8) is 0 Å². The van der Waals surface area contributed by atoms with Crippen LogP contribution < -0.4 is 11.5 Å².